The molecule has 0 spiro atoms. The first-order chi connectivity index (χ1) is 18.1. The van der Waals surface area contributed by atoms with Gasteiger partial charge in [0.15, 0.2) is 6.04 Å². The Morgan fingerprint density at radius 2 is 1.63 bits per heavy atom. The summed E-state index contributed by atoms with van der Waals surface area (Å²) in [6.07, 6.45) is -0.116. The second-order valence-corrected chi connectivity index (χ2v) is 9.48. The number of aliphatic hydroxyl groups is 1. The number of carboxylic acids is 1. The predicted octanol–water partition coefficient (Wildman–Crippen LogP) is -0.0693. The smallest absolute Gasteiger partial charge is 0.328 e. The minimum atomic E-state index is -1.58. The molecule has 204 valence electrons. The van der Waals surface area contributed by atoms with Crippen LogP contribution in [0.1, 0.15) is 30.9 Å². The Morgan fingerprint density at radius 1 is 1.00 bits per heavy atom. The van der Waals surface area contributed by atoms with Gasteiger partial charge >= 0.3 is 5.97 Å². The van der Waals surface area contributed by atoms with Gasteiger partial charge in [-0.3, -0.25) is 14.4 Å². The highest BCUT2D eigenvalue weighted by molar-refractivity contribution is 5.94. The van der Waals surface area contributed by atoms with Gasteiger partial charge in [-0.05, 0) is 49.4 Å². The fraction of sp³-hybridized carbons (Fsp3) is 0.407. The second-order valence-electron chi connectivity index (χ2n) is 9.48. The first kappa shape index (κ1) is 28.6. The summed E-state index contributed by atoms with van der Waals surface area (Å²) in [5.41, 5.74) is 7.67. The summed E-state index contributed by atoms with van der Waals surface area (Å²) >= 11 is 0. The van der Waals surface area contributed by atoms with Crippen LogP contribution in [0.5, 0.6) is 5.75 Å². The molecule has 3 amide bonds. The minimum absolute atomic E-state index is 0.0157. The van der Waals surface area contributed by atoms with E-state index in [0.717, 1.165) is 5.56 Å². The number of nitrogens with zero attached hydrogens (tertiary/aromatic N) is 1. The number of phenolic OH excluding ortho intramolecular Hbond substituents is 1. The van der Waals surface area contributed by atoms with Gasteiger partial charge in [0.25, 0.3) is 0 Å². The number of benzene rings is 2. The van der Waals surface area contributed by atoms with E-state index in [0.29, 0.717) is 31.4 Å². The number of nitrogens with one attached hydrogen (secondary N) is 2. The third-order valence-corrected chi connectivity index (χ3v) is 6.51. The molecule has 2 aromatic rings. The number of carbonyl (C=O) groups excluding carboxylic acids is 3. The molecule has 0 bridgehead atoms. The number of carbonyl (C=O) groups is 4. The fourth-order valence-electron chi connectivity index (χ4n) is 4.46. The number of nitrogens with two attached hydrogens (primary N) is 1. The van der Waals surface area contributed by atoms with Crippen LogP contribution in [-0.4, -0.2) is 80.7 Å². The minimum Gasteiger partial charge on any atom is -0.508 e. The van der Waals surface area contributed by atoms with Crippen LogP contribution in [-0.2, 0) is 32.0 Å². The Labute approximate surface area is 220 Å². The highest BCUT2D eigenvalue weighted by Gasteiger charge is 2.38. The van der Waals surface area contributed by atoms with Crippen molar-refractivity contribution in [2.75, 3.05) is 6.54 Å². The highest BCUT2D eigenvalue weighted by Crippen LogP contribution is 2.20. The molecule has 5 atom stereocenters. The van der Waals surface area contributed by atoms with E-state index in [1.165, 1.54) is 24.0 Å². The number of likely N-dealkylation sites (tertiary alicyclic amines) is 1. The van der Waals surface area contributed by atoms with Crippen LogP contribution in [0, 0.1) is 0 Å². The molecule has 7 N–H and O–H groups in total. The van der Waals surface area contributed by atoms with Crippen molar-refractivity contribution in [3.05, 3.63) is 65.7 Å². The van der Waals surface area contributed by atoms with Gasteiger partial charge in [0.2, 0.25) is 17.7 Å². The maximum Gasteiger partial charge on any atom is 0.328 e. The van der Waals surface area contributed by atoms with Crippen LogP contribution < -0.4 is 16.4 Å². The average Bonchev–Trinajstić information content (AvgIpc) is 3.38. The molecule has 2 aromatic carbocycles. The van der Waals surface area contributed by atoms with Gasteiger partial charge in [-0.2, -0.15) is 0 Å². The first-order valence-electron chi connectivity index (χ1n) is 12.5. The molecule has 1 aliphatic rings. The van der Waals surface area contributed by atoms with E-state index in [1.54, 1.807) is 12.1 Å². The van der Waals surface area contributed by atoms with Crippen LogP contribution in [0.25, 0.3) is 0 Å². The van der Waals surface area contributed by atoms with Gasteiger partial charge in [0.1, 0.15) is 17.8 Å². The number of aliphatic carboxylic acids is 1. The normalized spacial score (nSPS) is 18.2. The summed E-state index contributed by atoms with van der Waals surface area (Å²) < 4.78 is 0. The van der Waals surface area contributed by atoms with Crippen LogP contribution in [0.2, 0.25) is 0 Å². The van der Waals surface area contributed by atoms with Crippen molar-refractivity contribution in [1.82, 2.24) is 15.5 Å². The Kier molecular flexibility index (Phi) is 9.80. The van der Waals surface area contributed by atoms with Crippen molar-refractivity contribution >= 4 is 23.7 Å². The molecule has 11 heteroatoms. The van der Waals surface area contributed by atoms with E-state index in [2.05, 4.69) is 10.6 Å². The van der Waals surface area contributed by atoms with E-state index in [9.17, 15) is 34.5 Å². The number of rotatable bonds is 11. The van der Waals surface area contributed by atoms with Gasteiger partial charge in [-0.1, -0.05) is 42.5 Å². The third-order valence-electron chi connectivity index (χ3n) is 6.51. The number of hydrogen-bond donors (Lipinski definition) is 6. The molecule has 5 unspecified atom stereocenters. The zero-order valence-corrected chi connectivity index (χ0v) is 21.1. The highest BCUT2D eigenvalue weighted by atomic mass is 16.4. The summed E-state index contributed by atoms with van der Waals surface area (Å²) in [7, 11) is 0. The van der Waals surface area contributed by atoms with Crippen molar-refractivity contribution in [3.63, 3.8) is 0 Å². The van der Waals surface area contributed by atoms with Gasteiger partial charge in [-0.25, -0.2) is 4.79 Å². The van der Waals surface area contributed by atoms with Crippen LogP contribution >= 0.6 is 0 Å². The Balaban J connectivity index is 1.74. The quantitative estimate of drug-likeness (QED) is 0.235. The van der Waals surface area contributed by atoms with Crippen molar-refractivity contribution < 1.29 is 34.5 Å². The van der Waals surface area contributed by atoms with Crippen LogP contribution in [0.3, 0.4) is 0 Å². The molecule has 0 aromatic heterocycles. The van der Waals surface area contributed by atoms with Gasteiger partial charge < -0.3 is 36.6 Å². The lowest BCUT2D eigenvalue weighted by atomic mass is 10.0. The SMILES string of the molecule is CC(O)C(NC(=O)C(Cc1ccc(O)cc1)NC(=O)C1CCCN1C(=O)C(N)Cc1ccccc1)C(=O)O. The molecule has 38 heavy (non-hydrogen) atoms. The molecule has 0 saturated carbocycles. The molecule has 1 fully saturated rings. The molecule has 1 heterocycles. The molecular formula is C27H34N4O7. The molecule has 0 radical (unpaired) electrons. The van der Waals surface area contributed by atoms with Crippen LogP contribution in [0.4, 0.5) is 0 Å². The van der Waals surface area contributed by atoms with Crippen molar-refractivity contribution in [2.24, 2.45) is 5.73 Å². The maximum atomic E-state index is 13.3. The van der Waals surface area contributed by atoms with Gasteiger partial charge in [0.05, 0.1) is 12.1 Å². The molecule has 1 aliphatic heterocycles. The van der Waals surface area contributed by atoms with Crippen LogP contribution in [0.15, 0.2) is 54.6 Å². The summed E-state index contributed by atoms with van der Waals surface area (Å²) in [4.78, 5) is 52.4. The number of carboxylic acid groups (broad SMARTS) is 1. The predicted molar refractivity (Wildman–Crippen MR) is 138 cm³/mol. The maximum absolute atomic E-state index is 13.3. The molecule has 3 rings (SSSR count). The lowest BCUT2D eigenvalue weighted by Gasteiger charge is -2.29. The Morgan fingerprint density at radius 3 is 2.24 bits per heavy atom. The molecule has 11 nitrogen and oxygen atoms in total. The number of phenols is 1. The lowest BCUT2D eigenvalue weighted by Crippen LogP contribution is -2.58. The Hall–Kier alpha value is -3.96. The van der Waals surface area contributed by atoms with Gasteiger partial charge in [0, 0.05) is 13.0 Å². The largest absolute Gasteiger partial charge is 0.508 e. The summed E-state index contributed by atoms with van der Waals surface area (Å²) in [6.45, 7) is 1.57. The van der Waals surface area contributed by atoms with Crippen molar-refractivity contribution in [2.45, 2.75) is 62.9 Å². The third kappa shape index (κ3) is 7.53. The number of aromatic hydroxyl groups is 1. The number of aliphatic hydroxyl groups excluding tert-OH is 1. The van der Waals surface area contributed by atoms with E-state index < -0.39 is 48.1 Å². The zero-order valence-electron chi connectivity index (χ0n) is 21.1. The Bertz CT molecular complexity index is 1120. The van der Waals surface area contributed by atoms with Gasteiger partial charge in [-0.15, -0.1) is 0 Å². The van der Waals surface area contributed by atoms with E-state index >= 15 is 0 Å². The van der Waals surface area contributed by atoms with E-state index in [-0.39, 0.29) is 18.1 Å². The second kappa shape index (κ2) is 13.0. The fourth-order valence-corrected chi connectivity index (χ4v) is 4.46. The first-order valence-corrected chi connectivity index (χ1v) is 12.5. The molecular weight excluding hydrogens is 492 g/mol. The summed E-state index contributed by atoms with van der Waals surface area (Å²) in [5, 5.41) is 33.6. The van der Waals surface area contributed by atoms with E-state index in [1.807, 2.05) is 30.3 Å². The molecule has 0 aliphatic carbocycles. The number of amides is 3. The monoisotopic (exact) mass is 526 g/mol. The molecule has 1 saturated heterocycles. The summed E-state index contributed by atoms with van der Waals surface area (Å²) in [6, 6.07) is 10.8. The lowest BCUT2D eigenvalue weighted by molar-refractivity contribution is -0.145. The van der Waals surface area contributed by atoms with Crippen molar-refractivity contribution in [1.29, 1.82) is 0 Å². The zero-order chi connectivity index (χ0) is 27.8. The average molecular weight is 527 g/mol. The topological polar surface area (TPSA) is 182 Å². The standard InChI is InChI=1S/C27H34N4O7/c1-16(32)23(27(37)38)30-24(34)21(15-18-9-11-19(33)12-10-18)29-25(35)22-8-5-13-31(22)26(36)20(28)14-17-6-3-2-4-7-17/h2-4,6-7,9-12,16,20-23,32-33H,5,8,13-15,28H2,1H3,(H,29,35)(H,30,34)(H,37,38). The van der Waals surface area contributed by atoms with E-state index in [4.69, 9.17) is 5.73 Å². The summed E-state index contributed by atoms with van der Waals surface area (Å²) in [5.74, 6) is -3.15. The van der Waals surface area contributed by atoms with Crippen molar-refractivity contribution in [3.8, 4) is 5.75 Å². The number of hydrogen-bond acceptors (Lipinski definition) is 7.